The quantitative estimate of drug-likeness (QED) is 0.339. The zero-order chi connectivity index (χ0) is 21.3. The maximum absolute atomic E-state index is 12.3. The Morgan fingerprint density at radius 3 is 2.53 bits per heavy atom. The first kappa shape index (κ1) is 20.8. The molecule has 0 aliphatic rings. The Morgan fingerprint density at radius 2 is 1.87 bits per heavy atom. The van der Waals surface area contributed by atoms with E-state index in [2.05, 4.69) is 32.4 Å². The number of ether oxygens (including phenoxy) is 2. The van der Waals surface area contributed by atoms with E-state index >= 15 is 0 Å². The van der Waals surface area contributed by atoms with Crippen LogP contribution < -0.4 is 10.2 Å². The van der Waals surface area contributed by atoms with E-state index in [4.69, 9.17) is 4.74 Å². The highest BCUT2D eigenvalue weighted by atomic mass is 16.5. The van der Waals surface area contributed by atoms with Crippen LogP contribution in [0.1, 0.15) is 39.8 Å². The fraction of sp³-hybridized carbons (Fsp3) is 0.182. The van der Waals surface area contributed by atoms with Crippen molar-refractivity contribution in [2.45, 2.75) is 13.3 Å². The zero-order valence-corrected chi connectivity index (χ0v) is 16.7. The third kappa shape index (κ3) is 5.32. The topological polar surface area (TPSA) is 106 Å². The molecule has 30 heavy (non-hydrogen) atoms. The van der Waals surface area contributed by atoms with Crippen LogP contribution in [0, 0.1) is 0 Å². The molecule has 0 aliphatic carbocycles. The Labute approximate surface area is 173 Å². The van der Waals surface area contributed by atoms with Crippen LogP contribution in [-0.2, 0) is 4.74 Å². The first-order valence-corrected chi connectivity index (χ1v) is 9.41. The van der Waals surface area contributed by atoms with Gasteiger partial charge in [-0.3, -0.25) is 9.89 Å². The van der Waals surface area contributed by atoms with E-state index in [-0.39, 0.29) is 5.69 Å². The maximum Gasteiger partial charge on any atom is 0.337 e. The van der Waals surface area contributed by atoms with Crippen LogP contribution in [0.4, 0.5) is 0 Å². The van der Waals surface area contributed by atoms with Crippen LogP contribution in [0.5, 0.6) is 5.75 Å². The van der Waals surface area contributed by atoms with Crippen LogP contribution in [0.3, 0.4) is 0 Å². The van der Waals surface area contributed by atoms with Crippen molar-refractivity contribution >= 4 is 18.1 Å². The van der Waals surface area contributed by atoms with Crippen LogP contribution in [0.25, 0.3) is 11.3 Å². The largest absolute Gasteiger partial charge is 0.494 e. The highest BCUT2D eigenvalue weighted by Gasteiger charge is 2.10. The number of nitrogens with zero attached hydrogens (tertiary/aromatic N) is 2. The average molecular weight is 406 g/mol. The van der Waals surface area contributed by atoms with Crippen molar-refractivity contribution in [2.75, 3.05) is 13.7 Å². The fourth-order valence-corrected chi connectivity index (χ4v) is 2.58. The van der Waals surface area contributed by atoms with E-state index in [0.29, 0.717) is 17.9 Å². The molecule has 8 heteroatoms. The predicted molar refractivity (Wildman–Crippen MR) is 113 cm³/mol. The summed E-state index contributed by atoms with van der Waals surface area (Å²) in [6.07, 6.45) is 2.42. The standard InChI is InChI=1S/C22H22N4O4/c1-3-12-30-18-10-8-16(9-11-18)19-13-20(25-24-19)21(27)26-23-14-15-4-6-17(7-5-15)22(28)29-2/h4-11,13-14H,3,12H2,1-2H3,(H,24,25)(H,26,27)/b23-14-. The van der Waals surface area contributed by atoms with E-state index in [0.717, 1.165) is 23.3 Å². The summed E-state index contributed by atoms with van der Waals surface area (Å²) in [6.45, 7) is 2.72. The molecule has 8 nitrogen and oxygen atoms in total. The molecule has 0 spiro atoms. The highest BCUT2D eigenvalue weighted by Crippen LogP contribution is 2.21. The molecule has 0 unspecified atom stereocenters. The number of hydrazone groups is 1. The second-order valence-electron chi connectivity index (χ2n) is 6.35. The Kier molecular flexibility index (Phi) is 6.94. The molecule has 1 amide bonds. The lowest BCUT2D eigenvalue weighted by Gasteiger charge is -2.04. The van der Waals surface area contributed by atoms with Gasteiger partial charge in [-0.2, -0.15) is 10.2 Å². The smallest absolute Gasteiger partial charge is 0.337 e. The second-order valence-corrected chi connectivity index (χ2v) is 6.35. The number of aromatic amines is 1. The van der Waals surface area contributed by atoms with Crippen LogP contribution in [0.15, 0.2) is 59.7 Å². The predicted octanol–water partition coefficient (Wildman–Crippen LogP) is 3.42. The number of amides is 1. The number of carbonyl (C=O) groups excluding carboxylic acids is 2. The van der Waals surface area contributed by atoms with Gasteiger partial charge in [0, 0.05) is 5.56 Å². The normalized spacial score (nSPS) is 10.7. The van der Waals surface area contributed by atoms with Crippen molar-refractivity contribution in [2.24, 2.45) is 5.10 Å². The van der Waals surface area contributed by atoms with Crippen molar-refractivity contribution < 1.29 is 19.1 Å². The molecule has 0 saturated carbocycles. The summed E-state index contributed by atoms with van der Waals surface area (Å²) in [5.74, 6) is -0.0351. The lowest BCUT2D eigenvalue weighted by Crippen LogP contribution is -2.18. The van der Waals surface area contributed by atoms with Crippen molar-refractivity contribution in [1.29, 1.82) is 0 Å². The number of carbonyl (C=O) groups is 2. The molecule has 0 fully saturated rings. The van der Waals surface area contributed by atoms with E-state index < -0.39 is 11.9 Å². The summed E-state index contributed by atoms with van der Waals surface area (Å²) in [4.78, 5) is 23.7. The number of esters is 1. The molecule has 2 aromatic carbocycles. The van der Waals surface area contributed by atoms with Gasteiger partial charge in [0.15, 0.2) is 0 Å². The van der Waals surface area contributed by atoms with Gasteiger partial charge in [-0.1, -0.05) is 19.1 Å². The van der Waals surface area contributed by atoms with Gasteiger partial charge >= 0.3 is 5.97 Å². The van der Waals surface area contributed by atoms with Gasteiger partial charge in [-0.15, -0.1) is 0 Å². The number of rotatable bonds is 8. The third-order valence-corrected chi connectivity index (χ3v) is 4.16. The van der Waals surface area contributed by atoms with E-state index in [1.54, 1.807) is 30.3 Å². The highest BCUT2D eigenvalue weighted by molar-refractivity contribution is 5.94. The summed E-state index contributed by atoms with van der Waals surface area (Å²) < 4.78 is 10.2. The van der Waals surface area contributed by atoms with E-state index in [1.807, 2.05) is 24.3 Å². The Hall–Kier alpha value is -3.94. The van der Waals surface area contributed by atoms with Crippen LogP contribution >= 0.6 is 0 Å². The molecule has 154 valence electrons. The molecule has 0 radical (unpaired) electrons. The molecule has 3 aromatic rings. The number of nitrogens with one attached hydrogen (secondary N) is 2. The van der Waals surface area contributed by atoms with Crippen molar-refractivity contribution in [3.63, 3.8) is 0 Å². The maximum atomic E-state index is 12.3. The number of hydrogen-bond donors (Lipinski definition) is 2. The van der Waals surface area contributed by atoms with Crippen LogP contribution in [0.2, 0.25) is 0 Å². The first-order chi connectivity index (χ1) is 14.6. The number of methoxy groups -OCH3 is 1. The fourth-order valence-electron chi connectivity index (χ4n) is 2.58. The molecule has 1 heterocycles. The summed E-state index contributed by atoms with van der Waals surface area (Å²) in [5.41, 5.74) is 5.39. The van der Waals surface area contributed by atoms with E-state index in [1.165, 1.54) is 13.3 Å². The number of H-pyrrole nitrogens is 1. The average Bonchev–Trinajstić information content (AvgIpc) is 3.28. The van der Waals surface area contributed by atoms with Crippen LogP contribution in [-0.4, -0.2) is 42.0 Å². The molecular weight excluding hydrogens is 384 g/mol. The molecule has 3 rings (SSSR count). The van der Waals surface area contributed by atoms with Gasteiger partial charge < -0.3 is 9.47 Å². The van der Waals surface area contributed by atoms with Crippen molar-refractivity contribution in [3.8, 4) is 17.0 Å². The number of hydrogen-bond acceptors (Lipinski definition) is 6. The Morgan fingerprint density at radius 1 is 1.13 bits per heavy atom. The minimum atomic E-state index is -0.418. The van der Waals surface area contributed by atoms with Gasteiger partial charge in [0.25, 0.3) is 5.91 Å². The minimum Gasteiger partial charge on any atom is -0.494 e. The molecule has 2 N–H and O–H groups in total. The summed E-state index contributed by atoms with van der Waals surface area (Å²) in [5, 5.41) is 10.8. The second kappa shape index (κ2) is 10.0. The van der Waals surface area contributed by atoms with Crippen molar-refractivity contribution in [1.82, 2.24) is 15.6 Å². The monoisotopic (exact) mass is 406 g/mol. The Balaban J connectivity index is 1.58. The van der Waals surface area contributed by atoms with Crippen molar-refractivity contribution in [3.05, 3.63) is 71.4 Å². The molecule has 0 saturated heterocycles. The molecule has 1 aromatic heterocycles. The summed E-state index contributed by atoms with van der Waals surface area (Å²) in [6, 6.07) is 15.8. The molecule has 0 aliphatic heterocycles. The lowest BCUT2D eigenvalue weighted by molar-refractivity contribution is 0.0600. The SMILES string of the molecule is CCCOc1ccc(-c2cc(C(=O)N/N=C\c3ccc(C(=O)OC)cc3)[nH]n2)cc1. The number of aromatic nitrogens is 2. The van der Waals surface area contributed by atoms with E-state index in [9.17, 15) is 9.59 Å². The molecule has 0 bridgehead atoms. The first-order valence-electron chi connectivity index (χ1n) is 9.41. The summed E-state index contributed by atoms with van der Waals surface area (Å²) in [7, 11) is 1.32. The number of benzene rings is 2. The molecule has 0 atom stereocenters. The molecular formula is C22H22N4O4. The zero-order valence-electron chi connectivity index (χ0n) is 16.7. The lowest BCUT2D eigenvalue weighted by atomic mass is 10.1. The van der Waals surface area contributed by atoms with Gasteiger partial charge in [0.2, 0.25) is 0 Å². The summed E-state index contributed by atoms with van der Waals surface area (Å²) >= 11 is 0. The Bertz CT molecular complexity index is 1020. The third-order valence-electron chi connectivity index (χ3n) is 4.16. The van der Waals surface area contributed by atoms with Gasteiger partial charge in [-0.05, 0) is 54.4 Å². The minimum absolute atomic E-state index is 0.287. The van der Waals surface area contributed by atoms with Gasteiger partial charge in [0.05, 0.1) is 31.2 Å². The van der Waals surface area contributed by atoms with Gasteiger partial charge in [-0.25, -0.2) is 10.2 Å². The van der Waals surface area contributed by atoms with Gasteiger partial charge in [0.1, 0.15) is 11.4 Å².